The van der Waals surface area contributed by atoms with Gasteiger partial charge in [-0.05, 0) is 49.9 Å². The van der Waals surface area contributed by atoms with Gasteiger partial charge in [-0.3, -0.25) is 20.0 Å². The van der Waals surface area contributed by atoms with Crippen LogP contribution in [0.2, 0.25) is 0 Å². The molecule has 2 aromatic carbocycles. The van der Waals surface area contributed by atoms with Crippen molar-refractivity contribution in [2.45, 2.75) is 37.6 Å². The summed E-state index contributed by atoms with van der Waals surface area (Å²) in [6.07, 6.45) is 4.27. The average molecular weight is 404 g/mol. The fraction of sp³-hybridized carbons (Fsp3) is 0.286. The van der Waals surface area contributed by atoms with Gasteiger partial charge in [0, 0.05) is 34.8 Å². The number of H-pyrrole nitrogens is 1. The third-order valence-electron chi connectivity index (χ3n) is 5.24. The van der Waals surface area contributed by atoms with Gasteiger partial charge in [-0.1, -0.05) is 12.1 Å². The van der Waals surface area contributed by atoms with E-state index < -0.39 is 10.8 Å². The molecule has 0 unspecified atom stereocenters. The molecule has 152 valence electrons. The summed E-state index contributed by atoms with van der Waals surface area (Å²) < 4.78 is 0. The predicted molar refractivity (Wildman–Crippen MR) is 111 cm³/mol. The van der Waals surface area contributed by atoms with E-state index in [9.17, 15) is 14.9 Å². The van der Waals surface area contributed by atoms with E-state index in [1.807, 2.05) is 12.1 Å². The molecular weight excluding hydrogens is 384 g/mol. The summed E-state index contributed by atoms with van der Waals surface area (Å²) in [5, 5.41) is 24.6. The van der Waals surface area contributed by atoms with Gasteiger partial charge in [0.2, 0.25) is 0 Å². The lowest BCUT2D eigenvalue weighted by Gasteiger charge is -2.09. The quantitative estimate of drug-likeness (QED) is 0.402. The smallest absolute Gasteiger partial charge is 0.293 e. The molecule has 9 nitrogen and oxygen atoms in total. The maximum absolute atomic E-state index is 12.7. The van der Waals surface area contributed by atoms with Crippen molar-refractivity contribution in [2.75, 3.05) is 10.6 Å². The van der Waals surface area contributed by atoms with Crippen molar-refractivity contribution in [1.82, 2.24) is 15.2 Å². The van der Waals surface area contributed by atoms with Gasteiger partial charge < -0.3 is 10.6 Å². The van der Waals surface area contributed by atoms with Crippen molar-refractivity contribution in [2.24, 2.45) is 0 Å². The third-order valence-corrected chi connectivity index (χ3v) is 5.24. The molecule has 3 aromatic rings. The lowest BCUT2D eigenvalue weighted by atomic mass is 10.1. The maximum atomic E-state index is 12.7. The molecule has 0 spiro atoms. The number of aromatic amines is 1. The first-order valence-corrected chi connectivity index (χ1v) is 9.96. The Morgan fingerprint density at radius 3 is 2.70 bits per heavy atom. The molecule has 2 aliphatic rings. The highest BCUT2D eigenvalue weighted by atomic mass is 16.6. The highest BCUT2D eigenvalue weighted by molar-refractivity contribution is 6.05. The van der Waals surface area contributed by atoms with Gasteiger partial charge in [0.25, 0.3) is 11.6 Å². The van der Waals surface area contributed by atoms with Crippen molar-refractivity contribution >= 4 is 23.0 Å². The van der Waals surface area contributed by atoms with Gasteiger partial charge in [-0.2, -0.15) is 5.10 Å². The Kier molecular flexibility index (Phi) is 4.42. The standard InChI is InChI=1S/C21H20N6O3/c28-21(14-6-9-17(22-15-7-8-15)18(11-14)27(29)30)23-16-3-1-2-13(10-16)20-24-19(25-26-20)12-4-5-12/h1-3,6,9-12,15,22H,4-5,7-8H2,(H,23,28)(H,24,25,26). The predicted octanol–water partition coefficient (Wildman–Crippen LogP) is 4.08. The Morgan fingerprint density at radius 1 is 1.13 bits per heavy atom. The molecule has 0 saturated heterocycles. The first kappa shape index (κ1) is 18.3. The van der Waals surface area contributed by atoms with Gasteiger partial charge in [-0.15, -0.1) is 0 Å². The van der Waals surface area contributed by atoms with Crippen molar-refractivity contribution in [3.05, 3.63) is 64.0 Å². The van der Waals surface area contributed by atoms with Gasteiger partial charge in [0.1, 0.15) is 11.5 Å². The van der Waals surface area contributed by atoms with Crippen LogP contribution >= 0.6 is 0 Å². The minimum atomic E-state index is -0.469. The van der Waals surface area contributed by atoms with Crippen LogP contribution in [0.5, 0.6) is 0 Å². The van der Waals surface area contributed by atoms with Crippen LogP contribution in [-0.2, 0) is 0 Å². The third kappa shape index (κ3) is 3.86. The largest absolute Gasteiger partial charge is 0.377 e. The van der Waals surface area contributed by atoms with E-state index in [1.54, 1.807) is 24.3 Å². The fourth-order valence-electron chi connectivity index (χ4n) is 3.28. The van der Waals surface area contributed by atoms with E-state index in [0.29, 0.717) is 23.1 Å². The monoisotopic (exact) mass is 404 g/mol. The maximum Gasteiger partial charge on any atom is 0.293 e. The summed E-state index contributed by atoms with van der Waals surface area (Å²) in [6.45, 7) is 0. The molecule has 1 aromatic heterocycles. The number of nitrogens with zero attached hydrogens (tertiary/aromatic N) is 3. The summed E-state index contributed by atoms with van der Waals surface area (Å²) in [7, 11) is 0. The van der Waals surface area contributed by atoms with E-state index in [4.69, 9.17) is 0 Å². The number of nitro benzene ring substituents is 1. The average Bonchev–Trinajstić information content (AvgIpc) is 3.68. The zero-order valence-corrected chi connectivity index (χ0v) is 16.1. The number of hydrogen-bond acceptors (Lipinski definition) is 6. The molecule has 0 radical (unpaired) electrons. The van der Waals surface area contributed by atoms with Gasteiger partial charge in [0.15, 0.2) is 5.82 Å². The number of carbonyl (C=O) groups excluding carboxylic acids is 1. The second-order valence-electron chi connectivity index (χ2n) is 7.76. The molecule has 0 atom stereocenters. The molecular formula is C21H20N6O3. The molecule has 9 heteroatoms. The van der Waals surface area contributed by atoms with Gasteiger partial charge >= 0.3 is 0 Å². The fourth-order valence-corrected chi connectivity index (χ4v) is 3.28. The summed E-state index contributed by atoms with van der Waals surface area (Å²) in [6, 6.07) is 12.0. The van der Waals surface area contributed by atoms with E-state index in [-0.39, 0.29) is 17.3 Å². The summed E-state index contributed by atoms with van der Waals surface area (Å²) in [5.74, 6) is 1.54. The zero-order chi connectivity index (χ0) is 20.7. The summed E-state index contributed by atoms with van der Waals surface area (Å²) in [4.78, 5) is 28.2. The Balaban J connectivity index is 1.34. The molecule has 2 aliphatic carbocycles. The number of benzene rings is 2. The second kappa shape index (κ2) is 7.25. The van der Waals surface area contributed by atoms with E-state index in [1.165, 1.54) is 6.07 Å². The van der Waals surface area contributed by atoms with Crippen molar-refractivity contribution in [3.63, 3.8) is 0 Å². The van der Waals surface area contributed by atoms with Crippen molar-refractivity contribution < 1.29 is 9.72 Å². The van der Waals surface area contributed by atoms with Crippen LogP contribution in [0.15, 0.2) is 42.5 Å². The molecule has 1 heterocycles. The number of aromatic nitrogens is 3. The van der Waals surface area contributed by atoms with Crippen molar-refractivity contribution in [1.29, 1.82) is 0 Å². The summed E-state index contributed by atoms with van der Waals surface area (Å²) >= 11 is 0. The first-order valence-electron chi connectivity index (χ1n) is 9.96. The molecule has 0 aliphatic heterocycles. The van der Waals surface area contributed by atoms with Crippen LogP contribution < -0.4 is 10.6 Å². The van der Waals surface area contributed by atoms with Crippen molar-refractivity contribution in [3.8, 4) is 11.4 Å². The SMILES string of the molecule is O=C(Nc1cccc(-c2n[nH]c(C3CC3)n2)c1)c1ccc(NC2CC2)c([N+](=O)[O-])c1. The normalized spacial score (nSPS) is 15.6. The molecule has 1 amide bonds. The minimum absolute atomic E-state index is 0.100. The Hall–Kier alpha value is -3.75. The zero-order valence-electron chi connectivity index (χ0n) is 16.1. The second-order valence-corrected chi connectivity index (χ2v) is 7.76. The van der Waals surface area contributed by atoms with Crippen LogP contribution in [0.25, 0.3) is 11.4 Å². The van der Waals surface area contributed by atoms with Crippen LogP contribution in [0, 0.1) is 10.1 Å². The number of carbonyl (C=O) groups is 1. The molecule has 30 heavy (non-hydrogen) atoms. The number of rotatable bonds is 7. The summed E-state index contributed by atoms with van der Waals surface area (Å²) in [5.41, 5.74) is 1.92. The Bertz CT molecular complexity index is 1130. The van der Waals surface area contributed by atoms with Crippen LogP contribution in [0.3, 0.4) is 0 Å². The Labute approximate surface area is 172 Å². The van der Waals surface area contributed by atoms with E-state index >= 15 is 0 Å². The molecule has 3 N–H and O–H groups in total. The molecule has 2 saturated carbocycles. The lowest BCUT2D eigenvalue weighted by Crippen LogP contribution is -2.13. The van der Waals surface area contributed by atoms with Crippen LogP contribution in [0.1, 0.15) is 47.8 Å². The molecule has 0 bridgehead atoms. The number of amides is 1. The minimum Gasteiger partial charge on any atom is -0.377 e. The number of nitro groups is 1. The molecule has 5 rings (SSSR count). The lowest BCUT2D eigenvalue weighted by molar-refractivity contribution is -0.384. The highest BCUT2D eigenvalue weighted by Crippen LogP contribution is 2.38. The topological polar surface area (TPSA) is 126 Å². The number of anilines is 2. The number of nitrogens with one attached hydrogen (secondary N) is 3. The first-order chi connectivity index (χ1) is 14.6. The van der Waals surface area contributed by atoms with Gasteiger partial charge in [0.05, 0.1) is 4.92 Å². The van der Waals surface area contributed by atoms with E-state index in [0.717, 1.165) is 37.1 Å². The molecule has 2 fully saturated rings. The van der Waals surface area contributed by atoms with Crippen LogP contribution in [-0.4, -0.2) is 32.1 Å². The van der Waals surface area contributed by atoms with Crippen LogP contribution in [0.4, 0.5) is 17.1 Å². The number of hydrogen-bond donors (Lipinski definition) is 3. The van der Waals surface area contributed by atoms with E-state index in [2.05, 4.69) is 25.8 Å². The van der Waals surface area contributed by atoms with Gasteiger partial charge in [-0.25, -0.2) is 4.98 Å². The highest BCUT2D eigenvalue weighted by Gasteiger charge is 2.27. The Morgan fingerprint density at radius 2 is 1.97 bits per heavy atom.